The molecule has 11 heteroatoms. The van der Waals surface area contributed by atoms with Crippen molar-refractivity contribution in [1.82, 2.24) is 24.9 Å². The van der Waals surface area contributed by atoms with Crippen LogP contribution in [-0.2, 0) is 14.1 Å². The van der Waals surface area contributed by atoms with Crippen LogP contribution in [0.15, 0.2) is 12.4 Å². The fourth-order valence-corrected chi connectivity index (χ4v) is 1.82. The Bertz CT molecular complexity index is 761. The number of carbonyl (C=O) groups excluding carboxylic acids is 2. The van der Waals surface area contributed by atoms with E-state index in [1.165, 1.54) is 25.0 Å². The highest BCUT2D eigenvalue weighted by molar-refractivity contribution is 6.08. The van der Waals surface area contributed by atoms with Gasteiger partial charge >= 0.3 is 5.69 Å². The number of hydrogen-bond donors (Lipinski definition) is 2. The zero-order valence-corrected chi connectivity index (χ0v) is 12.0. The van der Waals surface area contributed by atoms with Gasteiger partial charge in [0.2, 0.25) is 5.69 Å². The van der Waals surface area contributed by atoms with Crippen molar-refractivity contribution in [2.24, 2.45) is 14.1 Å². The van der Waals surface area contributed by atoms with E-state index in [0.717, 1.165) is 10.9 Å². The molecule has 2 rings (SSSR count). The zero-order chi connectivity index (χ0) is 16.4. The molecule has 0 saturated carbocycles. The topological polar surface area (TPSA) is 137 Å². The van der Waals surface area contributed by atoms with Gasteiger partial charge in [0.15, 0.2) is 5.69 Å². The number of nitrogens with zero attached hydrogens (tertiary/aromatic N) is 5. The van der Waals surface area contributed by atoms with Crippen LogP contribution in [0, 0.1) is 10.1 Å². The summed E-state index contributed by atoms with van der Waals surface area (Å²) in [7, 11) is 4.46. The minimum atomic E-state index is -0.801. The third-order valence-corrected chi connectivity index (χ3v) is 2.74. The first-order valence-electron chi connectivity index (χ1n) is 6.08. The van der Waals surface area contributed by atoms with E-state index in [0.29, 0.717) is 0 Å². The molecule has 0 saturated heterocycles. The molecule has 11 nitrogen and oxygen atoms in total. The van der Waals surface area contributed by atoms with Crippen molar-refractivity contribution in [3.05, 3.63) is 33.9 Å². The van der Waals surface area contributed by atoms with E-state index >= 15 is 0 Å². The zero-order valence-electron chi connectivity index (χ0n) is 12.0. The van der Waals surface area contributed by atoms with Gasteiger partial charge in [-0.05, 0) is 0 Å². The SMILES string of the molecule is CNC(=O)c1nn(C)cc1NC(=O)c1nn(C)cc1[N+](=O)[O-]. The molecule has 0 fully saturated rings. The van der Waals surface area contributed by atoms with E-state index in [9.17, 15) is 19.7 Å². The molecule has 0 aliphatic carbocycles. The molecule has 0 radical (unpaired) electrons. The maximum atomic E-state index is 12.2. The summed E-state index contributed by atoms with van der Waals surface area (Å²) in [4.78, 5) is 34.0. The summed E-state index contributed by atoms with van der Waals surface area (Å²) in [5, 5.41) is 23.4. The van der Waals surface area contributed by atoms with Gasteiger partial charge in [0.25, 0.3) is 11.8 Å². The van der Waals surface area contributed by atoms with Crippen molar-refractivity contribution < 1.29 is 14.5 Å². The van der Waals surface area contributed by atoms with Gasteiger partial charge in [-0.3, -0.25) is 29.1 Å². The van der Waals surface area contributed by atoms with E-state index in [1.807, 2.05) is 0 Å². The fraction of sp³-hybridized carbons (Fsp3) is 0.273. The first-order chi connectivity index (χ1) is 10.3. The molecule has 0 bridgehead atoms. The van der Waals surface area contributed by atoms with Crippen molar-refractivity contribution in [3.8, 4) is 0 Å². The van der Waals surface area contributed by atoms with Crippen LogP contribution < -0.4 is 10.6 Å². The number of amides is 2. The van der Waals surface area contributed by atoms with Crippen molar-refractivity contribution in [1.29, 1.82) is 0 Å². The molecule has 0 atom stereocenters. The second kappa shape index (κ2) is 5.63. The largest absolute Gasteiger partial charge is 0.354 e. The van der Waals surface area contributed by atoms with Gasteiger partial charge in [-0.25, -0.2) is 0 Å². The molecule has 0 aromatic carbocycles. The van der Waals surface area contributed by atoms with Gasteiger partial charge in [0.05, 0.1) is 10.6 Å². The third-order valence-electron chi connectivity index (χ3n) is 2.74. The van der Waals surface area contributed by atoms with Gasteiger partial charge in [-0.15, -0.1) is 0 Å². The van der Waals surface area contributed by atoms with Crippen LogP contribution in [0.25, 0.3) is 0 Å². The summed E-state index contributed by atoms with van der Waals surface area (Å²) < 4.78 is 2.50. The second-order valence-corrected chi connectivity index (χ2v) is 4.39. The smallest absolute Gasteiger partial charge is 0.320 e. The van der Waals surface area contributed by atoms with E-state index in [-0.39, 0.29) is 17.1 Å². The molecule has 0 unspecified atom stereocenters. The first kappa shape index (κ1) is 15.2. The highest BCUT2D eigenvalue weighted by Crippen LogP contribution is 2.19. The minimum Gasteiger partial charge on any atom is -0.354 e. The average molecular weight is 307 g/mol. The molecule has 0 spiro atoms. The number of aromatic nitrogens is 4. The molecule has 22 heavy (non-hydrogen) atoms. The van der Waals surface area contributed by atoms with Gasteiger partial charge in [-0.1, -0.05) is 0 Å². The van der Waals surface area contributed by atoms with Gasteiger partial charge in [0.1, 0.15) is 6.20 Å². The van der Waals surface area contributed by atoms with Crippen molar-refractivity contribution in [2.45, 2.75) is 0 Å². The predicted molar refractivity (Wildman–Crippen MR) is 74.4 cm³/mol. The number of aryl methyl sites for hydroxylation is 2. The third kappa shape index (κ3) is 2.77. The van der Waals surface area contributed by atoms with Crippen LogP contribution >= 0.6 is 0 Å². The van der Waals surface area contributed by atoms with Crippen molar-refractivity contribution in [2.75, 3.05) is 12.4 Å². The van der Waals surface area contributed by atoms with Crippen molar-refractivity contribution in [3.63, 3.8) is 0 Å². The molecule has 2 heterocycles. The summed E-state index contributed by atoms with van der Waals surface area (Å²) in [6, 6.07) is 0. The Labute approximate surface area is 124 Å². The predicted octanol–water partition coefficient (Wildman–Crippen LogP) is -0.326. The number of hydrogen-bond acceptors (Lipinski definition) is 6. The Hall–Kier alpha value is -3.24. The van der Waals surface area contributed by atoms with Crippen LogP contribution in [0.5, 0.6) is 0 Å². The quantitative estimate of drug-likeness (QED) is 0.586. The molecular formula is C11H13N7O4. The number of rotatable bonds is 4. The molecule has 0 aliphatic heterocycles. The highest BCUT2D eigenvalue weighted by atomic mass is 16.6. The number of nitro groups is 1. The molecule has 2 aromatic heterocycles. The maximum Gasteiger partial charge on any atom is 0.320 e. The van der Waals surface area contributed by atoms with Crippen molar-refractivity contribution >= 4 is 23.2 Å². The van der Waals surface area contributed by atoms with Crippen LogP contribution in [-0.4, -0.2) is 43.3 Å². The van der Waals surface area contributed by atoms with Crippen LogP contribution in [0.1, 0.15) is 21.0 Å². The lowest BCUT2D eigenvalue weighted by Gasteiger charge is -2.02. The second-order valence-electron chi connectivity index (χ2n) is 4.39. The van der Waals surface area contributed by atoms with Crippen LogP contribution in [0.3, 0.4) is 0 Å². The Morgan fingerprint density at radius 1 is 1.14 bits per heavy atom. The average Bonchev–Trinajstić information content (AvgIpc) is 3.01. The van der Waals surface area contributed by atoms with Crippen LogP contribution in [0.4, 0.5) is 11.4 Å². The van der Waals surface area contributed by atoms with E-state index in [2.05, 4.69) is 20.8 Å². The molecule has 2 amide bonds. The lowest BCUT2D eigenvalue weighted by Crippen LogP contribution is -2.22. The Kier molecular flexibility index (Phi) is 3.88. The molecule has 116 valence electrons. The Balaban J connectivity index is 2.34. The summed E-state index contributed by atoms with van der Waals surface area (Å²) >= 11 is 0. The summed E-state index contributed by atoms with van der Waals surface area (Å²) in [5.41, 5.74) is -0.645. The van der Waals surface area contributed by atoms with Gasteiger partial charge in [-0.2, -0.15) is 10.2 Å². The van der Waals surface area contributed by atoms with Gasteiger partial charge in [0, 0.05) is 27.3 Å². The fourth-order valence-electron chi connectivity index (χ4n) is 1.82. The monoisotopic (exact) mass is 307 g/mol. The highest BCUT2D eigenvalue weighted by Gasteiger charge is 2.26. The van der Waals surface area contributed by atoms with E-state index in [1.54, 1.807) is 7.05 Å². The molecule has 0 aliphatic rings. The lowest BCUT2D eigenvalue weighted by atomic mass is 10.3. The minimum absolute atomic E-state index is 0.00284. The summed E-state index contributed by atoms with van der Waals surface area (Å²) in [6.07, 6.45) is 2.54. The number of carbonyl (C=O) groups is 2. The Morgan fingerprint density at radius 3 is 2.32 bits per heavy atom. The van der Waals surface area contributed by atoms with E-state index < -0.39 is 22.4 Å². The Morgan fingerprint density at radius 2 is 1.73 bits per heavy atom. The molecule has 2 N–H and O–H groups in total. The lowest BCUT2D eigenvalue weighted by molar-refractivity contribution is -0.385. The maximum absolute atomic E-state index is 12.2. The number of nitrogens with one attached hydrogen (secondary N) is 2. The molecule has 2 aromatic rings. The summed E-state index contributed by atoms with van der Waals surface area (Å²) in [5.74, 6) is -1.29. The summed E-state index contributed by atoms with van der Waals surface area (Å²) in [6.45, 7) is 0. The normalized spacial score (nSPS) is 10.3. The van der Waals surface area contributed by atoms with E-state index in [4.69, 9.17) is 0 Å². The van der Waals surface area contributed by atoms with Gasteiger partial charge < -0.3 is 10.6 Å². The van der Waals surface area contributed by atoms with Crippen LogP contribution in [0.2, 0.25) is 0 Å². The molecular weight excluding hydrogens is 294 g/mol. The standard InChI is InChI=1S/C11H13N7O4/c1-12-10(19)8-6(4-16(2)14-8)13-11(20)9-7(18(21)22)5-17(3)15-9/h4-5H,1-3H3,(H,12,19)(H,13,20). The number of anilines is 1. The first-order valence-corrected chi connectivity index (χ1v) is 6.08.